The zero-order chi connectivity index (χ0) is 11.5. The standard InChI is InChI=1S/C11H8BrFN2O/c12-7-1-2-9(13)8(5-7)11(16)10-6-14-3-4-15-10/h1-6,11,16H. The molecule has 5 heteroatoms. The number of aromatic nitrogens is 2. The quantitative estimate of drug-likeness (QED) is 0.920. The van der Waals surface area contributed by atoms with E-state index in [1.165, 1.54) is 30.7 Å². The van der Waals surface area contributed by atoms with Crippen molar-refractivity contribution in [2.75, 3.05) is 0 Å². The van der Waals surface area contributed by atoms with Gasteiger partial charge in [-0.3, -0.25) is 9.97 Å². The van der Waals surface area contributed by atoms with Gasteiger partial charge in [0.2, 0.25) is 0 Å². The third kappa shape index (κ3) is 2.25. The molecule has 2 aromatic rings. The summed E-state index contributed by atoms with van der Waals surface area (Å²) in [4.78, 5) is 7.76. The minimum Gasteiger partial charge on any atom is -0.382 e. The van der Waals surface area contributed by atoms with Crippen LogP contribution in [0.2, 0.25) is 0 Å². The van der Waals surface area contributed by atoms with Crippen molar-refractivity contribution >= 4 is 15.9 Å². The number of hydrogen-bond acceptors (Lipinski definition) is 3. The molecule has 0 saturated heterocycles. The molecule has 0 aliphatic carbocycles. The lowest BCUT2D eigenvalue weighted by Gasteiger charge is -2.11. The molecule has 1 unspecified atom stereocenters. The van der Waals surface area contributed by atoms with Crippen molar-refractivity contribution < 1.29 is 9.50 Å². The van der Waals surface area contributed by atoms with E-state index in [2.05, 4.69) is 25.9 Å². The Morgan fingerprint density at radius 3 is 2.81 bits per heavy atom. The van der Waals surface area contributed by atoms with Crippen LogP contribution >= 0.6 is 15.9 Å². The van der Waals surface area contributed by atoms with E-state index in [0.29, 0.717) is 10.2 Å². The first-order valence-corrected chi connectivity index (χ1v) is 5.36. The topological polar surface area (TPSA) is 46.0 Å². The number of hydrogen-bond donors (Lipinski definition) is 1. The zero-order valence-electron chi connectivity index (χ0n) is 8.14. The highest BCUT2D eigenvalue weighted by Crippen LogP contribution is 2.25. The number of halogens is 2. The first kappa shape index (κ1) is 11.2. The summed E-state index contributed by atoms with van der Waals surface area (Å²) >= 11 is 3.22. The van der Waals surface area contributed by atoms with Crippen molar-refractivity contribution in [3.05, 3.63) is 58.3 Å². The second-order valence-corrected chi connectivity index (χ2v) is 4.11. The molecule has 82 valence electrons. The maximum atomic E-state index is 13.5. The van der Waals surface area contributed by atoms with Crippen LogP contribution < -0.4 is 0 Å². The Morgan fingerprint density at radius 2 is 2.12 bits per heavy atom. The molecular weight excluding hydrogens is 275 g/mol. The molecule has 0 aliphatic heterocycles. The summed E-state index contributed by atoms with van der Waals surface area (Å²) in [6.45, 7) is 0. The third-order valence-corrected chi connectivity index (χ3v) is 2.61. The molecule has 1 aromatic carbocycles. The van der Waals surface area contributed by atoms with Gasteiger partial charge >= 0.3 is 0 Å². The summed E-state index contributed by atoms with van der Waals surface area (Å²) in [7, 11) is 0. The van der Waals surface area contributed by atoms with E-state index in [4.69, 9.17) is 0 Å². The molecule has 3 nitrogen and oxygen atoms in total. The smallest absolute Gasteiger partial charge is 0.129 e. The van der Waals surface area contributed by atoms with Gasteiger partial charge in [0.05, 0.1) is 11.9 Å². The lowest BCUT2D eigenvalue weighted by Crippen LogP contribution is -2.05. The van der Waals surface area contributed by atoms with Gasteiger partial charge in [0, 0.05) is 22.4 Å². The molecule has 0 fully saturated rings. The summed E-state index contributed by atoms with van der Waals surface area (Å²) in [6, 6.07) is 4.38. The first-order chi connectivity index (χ1) is 7.68. The molecule has 0 bridgehead atoms. The van der Waals surface area contributed by atoms with Crippen LogP contribution in [0.1, 0.15) is 17.4 Å². The van der Waals surface area contributed by atoms with Gasteiger partial charge in [0.15, 0.2) is 0 Å². The molecule has 1 atom stereocenters. The van der Waals surface area contributed by atoms with Crippen LogP contribution in [-0.4, -0.2) is 15.1 Å². The summed E-state index contributed by atoms with van der Waals surface area (Å²) in [6.07, 6.45) is 3.25. The Hall–Kier alpha value is -1.33. The molecule has 1 heterocycles. The van der Waals surface area contributed by atoms with Gasteiger partial charge in [-0.05, 0) is 18.2 Å². The van der Waals surface area contributed by atoms with E-state index < -0.39 is 11.9 Å². The molecule has 0 spiro atoms. The van der Waals surface area contributed by atoms with Crippen LogP contribution in [0.25, 0.3) is 0 Å². The molecule has 2 rings (SSSR count). The summed E-state index contributed by atoms with van der Waals surface area (Å²) in [5.74, 6) is -0.471. The minimum atomic E-state index is -1.11. The largest absolute Gasteiger partial charge is 0.382 e. The van der Waals surface area contributed by atoms with Gasteiger partial charge in [0.25, 0.3) is 0 Å². The predicted octanol–water partition coefficient (Wildman–Crippen LogP) is 2.46. The molecular formula is C11H8BrFN2O. The van der Waals surface area contributed by atoms with E-state index in [9.17, 15) is 9.50 Å². The third-order valence-electron chi connectivity index (χ3n) is 2.12. The SMILES string of the molecule is OC(c1cnccn1)c1cc(Br)ccc1F. The van der Waals surface area contributed by atoms with Gasteiger partial charge in [-0.25, -0.2) is 4.39 Å². The van der Waals surface area contributed by atoms with E-state index in [1.54, 1.807) is 6.07 Å². The fourth-order valence-corrected chi connectivity index (χ4v) is 1.71. The van der Waals surface area contributed by atoms with Crippen molar-refractivity contribution in [3.8, 4) is 0 Å². The number of aliphatic hydroxyl groups excluding tert-OH is 1. The van der Waals surface area contributed by atoms with Crippen LogP contribution in [0.4, 0.5) is 4.39 Å². The summed E-state index contributed by atoms with van der Waals surface area (Å²) < 4.78 is 14.2. The van der Waals surface area contributed by atoms with Crippen molar-refractivity contribution in [1.29, 1.82) is 0 Å². The number of aliphatic hydroxyl groups is 1. The van der Waals surface area contributed by atoms with E-state index in [-0.39, 0.29) is 5.56 Å². The monoisotopic (exact) mass is 282 g/mol. The molecule has 0 radical (unpaired) electrons. The second-order valence-electron chi connectivity index (χ2n) is 3.20. The van der Waals surface area contributed by atoms with E-state index >= 15 is 0 Å². The van der Waals surface area contributed by atoms with E-state index in [1.807, 2.05) is 0 Å². The average molecular weight is 283 g/mol. The van der Waals surface area contributed by atoms with Crippen LogP contribution in [0.15, 0.2) is 41.3 Å². The number of rotatable bonds is 2. The maximum Gasteiger partial charge on any atom is 0.129 e. The fraction of sp³-hybridized carbons (Fsp3) is 0.0909. The highest BCUT2D eigenvalue weighted by molar-refractivity contribution is 9.10. The highest BCUT2D eigenvalue weighted by atomic mass is 79.9. The van der Waals surface area contributed by atoms with Crippen molar-refractivity contribution in [3.63, 3.8) is 0 Å². The maximum absolute atomic E-state index is 13.5. The number of nitrogens with zero attached hydrogens (tertiary/aromatic N) is 2. The summed E-state index contributed by atoms with van der Waals surface area (Å²) in [5, 5.41) is 9.93. The lowest BCUT2D eigenvalue weighted by molar-refractivity contribution is 0.209. The first-order valence-electron chi connectivity index (χ1n) is 4.57. The zero-order valence-corrected chi connectivity index (χ0v) is 9.73. The fourth-order valence-electron chi connectivity index (χ4n) is 1.34. The van der Waals surface area contributed by atoms with Crippen LogP contribution in [0.5, 0.6) is 0 Å². The Bertz CT molecular complexity index is 493. The van der Waals surface area contributed by atoms with Crippen molar-refractivity contribution in [1.82, 2.24) is 9.97 Å². The van der Waals surface area contributed by atoms with Gasteiger partial charge in [-0.15, -0.1) is 0 Å². The molecule has 0 saturated carbocycles. The average Bonchev–Trinajstić information content (AvgIpc) is 2.32. The molecule has 16 heavy (non-hydrogen) atoms. The van der Waals surface area contributed by atoms with Gasteiger partial charge in [-0.2, -0.15) is 0 Å². The second kappa shape index (κ2) is 4.67. The van der Waals surface area contributed by atoms with Gasteiger partial charge in [0.1, 0.15) is 11.9 Å². The Morgan fingerprint density at radius 1 is 1.31 bits per heavy atom. The van der Waals surface area contributed by atoms with Crippen molar-refractivity contribution in [2.24, 2.45) is 0 Å². The normalized spacial score (nSPS) is 12.4. The summed E-state index contributed by atoms with van der Waals surface area (Å²) in [5.41, 5.74) is 0.495. The predicted molar refractivity (Wildman–Crippen MR) is 60.2 cm³/mol. The Kier molecular flexibility index (Phi) is 3.26. The van der Waals surface area contributed by atoms with Crippen LogP contribution in [-0.2, 0) is 0 Å². The Balaban J connectivity index is 2.41. The van der Waals surface area contributed by atoms with Crippen LogP contribution in [0.3, 0.4) is 0 Å². The molecule has 1 aromatic heterocycles. The van der Waals surface area contributed by atoms with E-state index in [0.717, 1.165) is 0 Å². The number of benzene rings is 1. The molecule has 1 N–H and O–H groups in total. The lowest BCUT2D eigenvalue weighted by atomic mass is 10.1. The highest BCUT2D eigenvalue weighted by Gasteiger charge is 2.16. The van der Waals surface area contributed by atoms with Crippen LogP contribution in [0, 0.1) is 5.82 Å². The molecule has 0 aliphatic rings. The van der Waals surface area contributed by atoms with Gasteiger partial charge < -0.3 is 5.11 Å². The molecule has 0 amide bonds. The van der Waals surface area contributed by atoms with Crippen molar-refractivity contribution in [2.45, 2.75) is 6.10 Å². The van der Waals surface area contributed by atoms with Gasteiger partial charge in [-0.1, -0.05) is 15.9 Å². The Labute approximate surface area is 100 Å². The minimum absolute atomic E-state index is 0.176.